The lowest BCUT2D eigenvalue weighted by molar-refractivity contribution is 0.627. The fraction of sp³-hybridized carbons (Fsp3) is 0.150. The number of nitrogens with zero attached hydrogens (tertiary/aromatic N) is 3. The van der Waals surface area contributed by atoms with Gasteiger partial charge >= 0.3 is 0 Å². The molecule has 4 rings (SSSR count). The fourth-order valence-corrected chi connectivity index (χ4v) is 3.67. The summed E-state index contributed by atoms with van der Waals surface area (Å²) in [5.41, 5.74) is 1.92. The first-order chi connectivity index (χ1) is 12.7. The number of pyridine rings is 1. The highest BCUT2D eigenvalue weighted by Gasteiger charge is 2.12. The lowest BCUT2D eigenvalue weighted by Crippen LogP contribution is -2.03. The Labute approximate surface area is 154 Å². The molecule has 0 atom stereocenters. The zero-order chi connectivity index (χ0) is 17.9. The molecule has 0 radical (unpaired) electrons. The molecule has 0 aliphatic carbocycles. The Morgan fingerprint density at radius 1 is 1.04 bits per heavy atom. The van der Waals surface area contributed by atoms with E-state index in [9.17, 15) is 4.39 Å². The van der Waals surface area contributed by atoms with E-state index >= 15 is 0 Å². The average molecular weight is 364 g/mol. The van der Waals surface area contributed by atoms with Gasteiger partial charge in [0.15, 0.2) is 5.82 Å². The van der Waals surface area contributed by atoms with Gasteiger partial charge in [-0.15, -0.1) is 11.3 Å². The van der Waals surface area contributed by atoms with Gasteiger partial charge in [0.05, 0.1) is 5.39 Å². The van der Waals surface area contributed by atoms with Crippen molar-refractivity contribution >= 4 is 27.4 Å². The lowest BCUT2D eigenvalue weighted by atomic mass is 10.2. The third kappa shape index (κ3) is 3.41. The molecule has 1 N–H and O–H groups in total. The Kier molecular flexibility index (Phi) is 4.58. The van der Waals surface area contributed by atoms with Gasteiger partial charge in [-0.05, 0) is 42.3 Å². The molecule has 0 fully saturated rings. The lowest BCUT2D eigenvalue weighted by Gasteiger charge is -2.09. The molecular formula is C20H17FN4S. The molecular weight excluding hydrogens is 347 g/mol. The molecule has 0 amide bonds. The van der Waals surface area contributed by atoms with Crippen LogP contribution >= 0.6 is 11.3 Å². The van der Waals surface area contributed by atoms with E-state index in [1.807, 2.05) is 12.1 Å². The molecule has 0 spiro atoms. The van der Waals surface area contributed by atoms with Crippen molar-refractivity contribution in [3.05, 3.63) is 71.1 Å². The van der Waals surface area contributed by atoms with Gasteiger partial charge < -0.3 is 5.32 Å². The number of hydrogen-bond acceptors (Lipinski definition) is 5. The molecule has 0 saturated heterocycles. The number of nitrogens with one attached hydrogen (secondary N) is 1. The van der Waals surface area contributed by atoms with E-state index in [1.165, 1.54) is 17.0 Å². The molecule has 0 unspecified atom stereocenters. The van der Waals surface area contributed by atoms with Crippen LogP contribution in [0.5, 0.6) is 0 Å². The standard InChI is InChI=1S/C20H17FN4S/c1-2-16-11-17-19(23-12-13-3-5-15(21)6-4-13)24-18(25-20(17)26-16)14-7-9-22-10-8-14/h3-11H,2,12H2,1H3,(H,23,24,25). The molecule has 4 aromatic rings. The Balaban J connectivity index is 1.73. The van der Waals surface area contributed by atoms with Gasteiger partial charge in [-0.1, -0.05) is 19.1 Å². The molecule has 0 saturated carbocycles. The second kappa shape index (κ2) is 7.17. The van der Waals surface area contributed by atoms with Crippen molar-refractivity contribution in [1.82, 2.24) is 15.0 Å². The largest absolute Gasteiger partial charge is 0.365 e. The monoisotopic (exact) mass is 364 g/mol. The second-order valence-corrected chi connectivity index (χ2v) is 7.01. The van der Waals surface area contributed by atoms with E-state index in [0.717, 1.165) is 33.6 Å². The molecule has 130 valence electrons. The Bertz CT molecular complexity index is 1030. The molecule has 0 aliphatic heterocycles. The zero-order valence-electron chi connectivity index (χ0n) is 14.2. The second-order valence-electron chi connectivity index (χ2n) is 5.90. The molecule has 4 nitrogen and oxygen atoms in total. The van der Waals surface area contributed by atoms with Crippen LogP contribution in [0.1, 0.15) is 17.4 Å². The molecule has 6 heteroatoms. The fourth-order valence-electron chi connectivity index (χ4n) is 2.70. The van der Waals surface area contributed by atoms with Gasteiger partial charge in [-0.2, -0.15) is 0 Å². The summed E-state index contributed by atoms with van der Waals surface area (Å²) in [4.78, 5) is 15.8. The van der Waals surface area contributed by atoms with Gasteiger partial charge in [0.25, 0.3) is 0 Å². The SMILES string of the molecule is CCc1cc2c(NCc3ccc(F)cc3)nc(-c3ccncc3)nc2s1. The van der Waals surface area contributed by atoms with Crippen LogP contribution in [-0.2, 0) is 13.0 Å². The first kappa shape index (κ1) is 16.6. The summed E-state index contributed by atoms with van der Waals surface area (Å²) in [5, 5.41) is 4.41. The molecule has 3 aromatic heterocycles. The quantitative estimate of drug-likeness (QED) is 0.537. The highest BCUT2D eigenvalue weighted by molar-refractivity contribution is 7.18. The van der Waals surface area contributed by atoms with Crippen molar-refractivity contribution in [2.24, 2.45) is 0 Å². The predicted molar refractivity (Wildman–Crippen MR) is 104 cm³/mol. The number of aromatic nitrogens is 3. The Morgan fingerprint density at radius 3 is 2.54 bits per heavy atom. The van der Waals surface area contributed by atoms with Crippen LogP contribution in [-0.4, -0.2) is 15.0 Å². The summed E-state index contributed by atoms with van der Waals surface area (Å²) in [7, 11) is 0. The maximum atomic E-state index is 13.1. The van der Waals surface area contributed by atoms with Gasteiger partial charge in [0, 0.05) is 29.4 Å². The number of benzene rings is 1. The van der Waals surface area contributed by atoms with Crippen LogP contribution in [0.4, 0.5) is 10.2 Å². The van der Waals surface area contributed by atoms with Crippen molar-refractivity contribution in [2.75, 3.05) is 5.32 Å². The van der Waals surface area contributed by atoms with Gasteiger partial charge in [0.1, 0.15) is 16.5 Å². The van der Waals surface area contributed by atoms with Crippen molar-refractivity contribution in [3.8, 4) is 11.4 Å². The number of hydrogen-bond donors (Lipinski definition) is 1. The number of aryl methyl sites for hydroxylation is 1. The van der Waals surface area contributed by atoms with Gasteiger partial charge in [0.2, 0.25) is 0 Å². The highest BCUT2D eigenvalue weighted by atomic mass is 32.1. The van der Waals surface area contributed by atoms with Crippen molar-refractivity contribution < 1.29 is 4.39 Å². The highest BCUT2D eigenvalue weighted by Crippen LogP contribution is 2.31. The molecule has 1 aromatic carbocycles. The van der Waals surface area contributed by atoms with Crippen LogP contribution in [0.15, 0.2) is 54.9 Å². The first-order valence-corrected chi connectivity index (χ1v) is 9.24. The summed E-state index contributed by atoms with van der Waals surface area (Å²) in [5.74, 6) is 1.23. The molecule has 0 aliphatic rings. The third-order valence-corrected chi connectivity index (χ3v) is 5.28. The van der Waals surface area contributed by atoms with E-state index in [0.29, 0.717) is 12.4 Å². The molecule has 0 bridgehead atoms. The number of rotatable bonds is 5. The van der Waals surface area contributed by atoms with E-state index < -0.39 is 0 Å². The van der Waals surface area contributed by atoms with Gasteiger partial charge in [-0.3, -0.25) is 4.98 Å². The predicted octanol–water partition coefficient (Wildman–Crippen LogP) is 5.07. The average Bonchev–Trinajstić information content (AvgIpc) is 3.11. The molecule has 3 heterocycles. The van der Waals surface area contributed by atoms with E-state index in [-0.39, 0.29) is 5.82 Å². The number of thiophene rings is 1. The summed E-state index contributed by atoms with van der Waals surface area (Å²) < 4.78 is 13.1. The number of halogens is 1. The summed E-state index contributed by atoms with van der Waals surface area (Å²) in [6.45, 7) is 2.70. The van der Waals surface area contributed by atoms with Crippen LogP contribution in [0.3, 0.4) is 0 Å². The third-order valence-electron chi connectivity index (χ3n) is 4.10. The summed E-state index contributed by atoms with van der Waals surface area (Å²) in [6.07, 6.45) is 4.43. The Morgan fingerprint density at radius 2 is 1.81 bits per heavy atom. The van der Waals surface area contributed by atoms with Gasteiger partial charge in [-0.25, -0.2) is 14.4 Å². The van der Waals surface area contributed by atoms with Crippen molar-refractivity contribution in [1.29, 1.82) is 0 Å². The smallest absolute Gasteiger partial charge is 0.163 e. The van der Waals surface area contributed by atoms with Crippen LogP contribution in [0.25, 0.3) is 21.6 Å². The van der Waals surface area contributed by atoms with Crippen LogP contribution in [0.2, 0.25) is 0 Å². The minimum absolute atomic E-state index is 0.233. The first-order valence-electron chi connectivity index (χ1n) is 8.42. The number of anilines is 1. The van der Waals surface area contributed by atoms with Crippen molar-refractivity contribution in [2.45, 2.75) is 19.9 Å². The Hall–Kier alpha value is -2.86. The van der Waals surface area contributed by atoms with E-state index in [2.05, 4.69) is 23.3 Å². The van der Waals surface area contributed by atoms with Crippen LogP contribution < -0.4 is 5.32 Å². The maximum absolute atomic E-state index is 13.1. The van der Waals surface area contributed by atoms with E-state index in [4.69, 9.17) is 9.97 Å². The number of fused-ring (bicyclic) bond motifs is 1. The summed E-state index contributed by atoms with van der Waals surface area (Å²) in [6, 6.07) is 12.4. The zero-order valence-corrected chi connectivity index (χ0v) is 15.1. The molecule has 26 heavy (non-hydrogen) atoms. The van der Waals surface area contributed by atoms with Crippen molar-refractivity contribution in [3.63, 3.8) is 0 Å². The van der Waals surface area contributed by atoms with Crippen LogP contribution in [0, 0.1) is 5.82 Å². The maximum Gasteiger partial charge on any atom is 0.163 e. The minimum atomic E-state index is -0.233. The topological polar surface area (TPSA) is 50.7 Å². The minimum Gasteiger partial charge on any atom is -0.365 e. The van der Waals surface area contributed by atoms with E-state index in [1.54, 1.807) is 35.9 Å². The summed E-state index contributed by atoms with van der Waals surface area (Å²) >= 11 is 1.69. The normalized spacial score (nSPS) is 11.0.